The molecule has 1 atom stereocenters. The summed E-state index contributed by atoms with van der Waals surface area (Å²) in [6.07, 6.45) is -2.27. The fourth-order valence-electron chi connectivity index (χ4n) is 2.57. The number of hydrogen-bond donors (Lipinski definition) is 2. The minimum absolute atomic E-state index is 0.00597. The van der Waals surface area contributed by atoms with Crippen LogP contribution in [0.2, 0.25) is 0 Å². The number of anilines is 2. The molecule has 2 rings (SSSR count). The smallest absolute Gasteiger partial charge is 0.358 e. The summed E-state index contributed by atoms with van der Waals surface area (Å²) in [6.45, 7) is 1.65. The number of aromatic nitrogens is 1. The molecule has 0 amide bonds. The minimum Gasteiger partial charge on any atom is -0.358 e. The summed E-state index contributed by atoms with van der Waals surface area (Å²) >= 11 is 0. The first-order valence-electron chi connectivity index (χ1n) is 6.78. The number of nitrogen functional groups attached to an aromatic ring is 1. The summed E-state index contributed by atoms with van der Waals surface area (Å²) in [6, 6.07) is 2.29. The molecule has 0 aliphatic carbocycles. The van der Waals surface area contributed by atoms with Crippen molar-refractivity contribution in [1.29, 1.82) is 0 Å². The van der Waals surface area contributed by atoms with Gasteiger partial charge < -0.3 is 15.2 Å². The van der Waals surface area contributed by atoms with E-state index < -0.39 is 11.7 Å². The van der Waals surface area contributed by atoms with Crippen LogP contribution in [0.3, 0.4) is 0 Å². The van der Waals surface area contributed by atoms with Gasteiger partial charge in [0.1, 0.15) is 11.6 Å². The van der Waals surface area contributed by atoms with E-state index in [4.69, 9.17) is 5.84 Å². The third-order valence-corrected chi connectivity index (χ3v) is 3.83. The van der Waals surface area contributed by atoms with E-state index in [1.54, 1.807) is 11.9 Å². The van der Waals surface area contributed by atoms with Gasteiger partial charge in [0.2, 0.25) is 0 Å². The van der Waals surface area contributed by atoms with Gasteiger partial charge in [0.25, 0.3) is 0 Å². The lowest BCUT2D eigenvalue weighted by Gasteiger charge is -2.27. The number of alkyl halides is 3. The Morgan fingerprint density at radius 3 is 2.71 bits per heavy atom. The van der Waals surface area contributed by atoms with Crippen LogP contribution in [-0.4, -0.2) is 43.1 Å². The molecule has 0 radical (unpaired) electrons. The van der Waals surface area contributed by atoms with Crippen LogP contribution < -0.4 is 16.2 Å². The monoisotopic (exact) mass is 303 g/mol. The highest BCUT2D eigenvalue weighted by Gasteiger charge is 2.32. The van der Waals surface area contributed by atoms with Gasteiger partial charge >= 0.3 is 6.18 Å². The van der Waals surface area contributed by atoms with Crippen molar-refractivity contribution in [3.05, 3.63) is 17.7 Å². The molecule has 1 fully saturated rings. The minimum atomic E-state index is -4.42. The summed E-state index contributed by atoms with van der Waals surface area (Å²) in [5, 5.41) is 0. The fraction of sp³-hybridized carbons (Fsp3) is 0.615. The molecular formula is C13H20F3N5. The highest BCUT2D eigenvalue weighted by molar-refractivity contribution is 5.50. The molecular weight excluding hydrogens is 283 g/mol. The van der Waals surface area contributed by atoms with Crippen molar-refractivity contribution in [2.45, 2.75) is 25.1 Å². The van der Waals surface area contributed by atoms with E-state index in [-0.39, 0.29) is 11.6 Å². The Balaban J connectivity index is 2.21. The Kier molecular flexibility index (Phi) is 4.58. The third-order valence-electron chi connectivity index (χ3n) is 3.83. The van der Waals surface area contributed by atoms with Crippen molar-refractivity contribution in [2.24, 2.45) is 5.84 Å². The van der Waals surface area contributed by atoms with E-state index in [0.717, 1.165) is 31.5 Å². The number of nitrogens with one attached hydrogen (secondary N) is 1. The predicted molar refractivity (Wildman–Crippen MR) is 76.0 cm³/mol. The number of rotatable bonds is 4. The van der Waals surface area contributed by atoms with Crippen LogP contribution >= 0.6 is 0 Å². The molecule has 1 aromatic rings. The van der Waals surface area contributed by atoms with Gasteiger partial charge in [-0.2, -0.15) is 13.2 Å². The molecule has 1 aliphatic rings. The van der Waals surface area contributed by atoms with Gasteiger partial charge in [0, 0.05) is 19.6 Å². The maximum atomic E-state index is 12.9. The molecule has 1 unspecified atom stereocenters. The Morgan fingerprint density at radius 2 is 2.19 bits per heavy atom. The zero-order chi connectivity index (χ0) is 15.6. The topological polar surface area (TPSA) is 57.4 Å². The highest BCUT2D eigenvalue weighted by Crippen LogP contribution is 2.32. The second kappa shape index (κ2) is 6.07. The zero-order valence-electron chi connectivity index (χ0n) is 12.1. The summed E-state index contributed by atoms with van der Waals surface area (Å²) in [5.74, 6) is 5.48. The molecule has 1 saturated heterocycles. The van der Waals surface area contributed by atoms with Crippen molar-refractivity contribution in [1.82, 2.24) is 9.88 Å². The van der Waals surface area contributed by atoms with Crippen molar-refractivity contribution in [2.75, 3.05) is 37.5 Å². The molecule has 2 heterocycles. The van der Waals surface area contributed by atoms with Crippen molar-refractivity contribution in [3.8, 4) is 0 Å². The van der Waals surface area contributed by atoms with Gasteiger partial charge in [0.05, 0.1) is 5.56 Å². The van der Waals surface area contributed by atoms with E-state index in [1.165, 1.54) is 0 Å². The maximum absolute atomic E-state index is 12.9. The lowest BCUT2D eigenvalue weighted by molar-refractivity contribution is -0.137. The highest BCUT2D eigenvalue weighted by atomic mass is 19.4. The Hall–Kier alpha value is -1.54. The first-order valence-corrected chi connectivity index (χ1v) is 6.78. The lowest BCUT2D eigenvalue weighted by Crippen LogP contribution is -2.37. The molecule has 0 saturated carbocycles. The maximum Gasteiger partial charge on any atom is 0.416 e. The SMILES string of the molecule is CN(CC1CCCN1C)c1cc(C(F)(F)F)cc(NN)n1. The van der Waals surface area contributed by atoms with Crippen molar-refractivity contribution in [3.63, 3.8) is 0 Å². The van der Waals surface area contributed by atoms with Gasteiger partial charge in [-0.05, 0) is 38.6 Å². The van der Waals surface area contributed by atoms with E-state index in [1.807, 2.05) is 7.05 Å². The fourth-order valence-corrected chi connectivity index (χ4v) is 2.57. The van der Waals surface area contributed by atoms with E-state index in [2.05, 4.69) is 15.3 Å². The molecule has 118 valence electrons. The van der Waals surface area contributed by atoms with E-state index in [9.17, 15) is 13.2 Å². The largest absolute Gasteiger partial charge is 0.416 e. The average Bonchev–Trinajstić information content (AvgIpc) is 2.82. The van der Waals surface area contributed by atoms with Crippen LogP contribution in [0.1, 0.15) is 18.4 Å². The van der Waals surface area contributed by atoms with Crippen LogP contribution in [-0.2, 0) is 6.18 Å². The van der Waals surface area contributed by atoms with Gasteiger partial charge in [0.15, 0.2) is 0 Å². The number of likely N-dealkylation sites (N-methyl/N-ethyl adjacent to an activating group) is 2. The van der Waals surface area contributed by atoms with E-state index in [0.29, 0.717) is 12.6 Å². The quantitative estimate of drug-likeness (QED) is 0.657. The second-order valence-electron chi connectivity index (χ2n) is 5.40. The molecule has 21 heavy (non-hydrogen) atoms. The van der Waals surface area contributed by atoms with Crippen LogP contribution in [0.25, 0.3) is 0 Å². The first-order chi connectivity index (χ1) is 9.81. The summed E-state index contributed by atoms with van der Waals surface area (Å²) < 4.78 is 38.7. The van der Waals surface area contributed by atoms with Crippen LogP contribution in [0.15, 0.2) is 12.1 Å². The molecule has 8 heteroatoms. The predicted octanol–water partition coefficient (Wildman–Crippen LogP) is 1.92. The van der Waals surface area contributed by atoms with Crippen LogP contribution in [0.4, 0.5) is 24.8 Å². The number of nitrogens with zero attached hydrogens (tertiary/aromatic N) is 3. The summed E-state index contributed by atoms with van der Waals surface area (Å²) in [7, 11) is 3.77. The molecule has 0 bridgehead atoms. The normalized spacial score (nSPS) is 19.8. The van der Waals surface area contributed by atoms with Gasteiger partial charge in [-0.25, -0.2) is 10.8 Å². The molecule has 1 aromatic heterocycles. The molecule has 5 nitrogen and oxygen atoms in total. The summed E-state index contributed by atoms with van der Waals surface area (Å²) in [4.78, 5) is 8.06. The Bertz CT molecular complexity index is 491. The Morgan fingerprint density at radius 1 is 1.48 bits per heavy atom. The number of halogens is 3. The van der Waals surface area contributed by atoms with Crippen LogP contribution in [0, 0.1) is 0 Å². The number of nitrogens with two attached hydrogens (primary N) is 1. The molecule has 0 spiro atoms. The number of pyridine rings is 1. The standard InChI is InChI=1S/C13H20F3N5/c1-20-5-3-4-10(20)8-21(2)12-7-9(13(14,15)16)6-11(18-12)19-17/h6-7,10H,3-5,8,17H2,1-2H3,(H,18,19). The van der Waals surface area contributed by atoms with Gasteiger partial charge in [-0.3, -0.25) is 0 Å². The number of hydrazine groups is 1. The van der Waals surface area contributed by atoms with Crippen LogP contribution in [0.5, 0.6) is 0 Å². The molecule has 3 N–H and O–H groups in total. The van der Waals surface area contributed by atoms with Gasteiger partial charge in [-0.15, -0.1) is 0 Å². The third kappa shape index (κ3) is 3.76. The van der Waals surface area contributed by atoms with Crippen molar-refractivity contribution < 1.29 is 13.2 Å². The summed E-state index contributed by atoms with van der Waals surface area (Å²) in [5.41, 5.74) is 1.43. The molecule has 1 aliphatic heterocycles. The number of likely N-dealkylation sites (tertiary alicyclic amines) is 1. The zero-order valence-corrected chi connectivity index (χ0v) is 12.1. The Labute approximate surface area is 121 Å². The first kappa shape index (κ1) is 15.8. The van der Waals surface area contributed by atoms with E-state index >= 15 is 0 Å². The number of hydrogen-bond acceptors (Lipinski definition) is 5. The van der Waals surface area contributed by atoms with Gasteiger partial charge in [-0.1, -0.05) is 0 Å². The average molecular weight is 303 g/mol. The van der Waals surface area contributed by atoms with Crippen molar-refractivity contribution >= 4 is 11.6 Å². The second-order valence-corrected chi connectivity index (χ2v) is 5.40. The molecule has 0 aromatic carbocycles. The lowest BCUT2D eigenvalue weighted by atomic mass is 10.2.